The molecule has 0 bridgehead atoms. The molecule has 1 aromatic carbocycles. The zero-order valence-electron chi connectivity index (χ0n) is 12.9. The summed E-state index contributed by atoms with van der Waals surface area (Å²) in [6, 6.07) is 4.71. The highest BCUT2D eigenvalue weighted by atomic mass is 32.2. The molecule has 1 aromatic rings. The second-order valence-electron chi connectivity index (χ2n) is 5.90. The first-order valence-corrected chi connectivity index (χ1v) is 8.59. The topological polar surface area (TPSA) is 83.9 Å². The minimum Gasteiger partial charge on any atom is -0.465 e. The van der Waals surface area contributed by atoms with Crippen LogP contribution in [0.2, 0.25) is 0 Å². The lowest BCUT2D eigenvalue weighted by Crippen LogP contribution is -2.36. The molecule has 0 spiro atoms. The largest absolute Gasteiger partial charge is 0.465 e. The number of aryl methyl sites for hydroxylation is 1. The van der Waals surface area contributed by atoms with E-state index in [1.165, 1.54) is 7.11 Å². The number of carbonyl (C=O) groups is 1. The van der Waals surface area contributed by atoms with Gasteiger partial charge in [-0.2, -0.15) is 12.7 Å². The van der Waals surface area contributed by atoms with Crippen molar-refractivity contribution in [2.45, 2.75) is 32.7 Å². The Morgan fingerprint density at radius 2 is 2.14 bits per heavy atom. The first kappa shape index (κ1) is 16.9. The summed E-state index contributed by atoms with van der Waals surface area (Å²) < 4.78 is 38.8. The third-order valence-corrected chi connectivity index (χ3v) is 4.80. The van der Waals surface area contributed by atoms with E-state index in [4.69, 9.17) is 4.74 Å². The van der Waals surface area contributed by atoms with Gasteiger partial charge in [0.05, 0.1) is 18.7 Å². The van der Waals surface area contributed by atoms with Gasteiger partial charge in [0, 0.05) is 6.54 Å². The van der Waals surface area contributed by atoms with Gasteiger partial charge in [-0.05, 0) is 42.0 Å². The fraction of sp³-hybridized carbons (Fsp3) is 0.533. The van der Waals surface area contributed by atoms with E-state index in [1.807, 2.05) is 19.9 Å². The van der Waals surface area contributed by atoms with E-state index < -0.39 is 22.3 Å². The van der Waals surface area contributed by atoms with Crippen molar-refractivity contribution < 1.29 is 22.5 Å². The number of fused-ring (bicyclic) bond motifs is 1. The minimum absolute atomic E-state index is 0.0785. The van der Waals surface area contributed by atoms with Gasteiger partial charge in [0.2, 0.25) is 0 Å². The van der Waals surface area contributed by atoms with Crippen molar-refractivity contribution in [2.75, 3.05) is 13.7 Å². The maximum Gasteiger partial charge on any atom is 0.337 e. The smallest absolute Gasteiger partial charge is 0.337 e. The van der Waals surface area contributed by atoms with Crippen LogP contribution in [0.5, 0.6) is 0 Å². The number of benzene rings is 1. The summed E-state index contributed by atoms with van der Waals surface area (Å²) in [6.07, 6.45) is 1.30. The number of ether oxygens (including phenoxy) is 1. The fourth-order valence-electron chi connectivity index (χ4n) is 2.87. The van der Waals surface area contributed by atoms with Gasteiger partial charge >= 0.3 is 16.3 Å². The lowest BCUT2D eigenvalue weighted by atomic mass is 10.0. The molecule has 1 N–H and O–H groups in total. The number of hydrogen-bond acceptors (Lipinski definition) is 4. The second-order valence-corrected chi connectivity index (χ2v) is 7.27. The quantitative estimate of drug-likeness (QED) is 0.662. The Kier molecular flexibility index (Phi) is 4.89. The predicted molar refractivity (Wildman–Crippen MR) is 81.9 cm³/mol. The molecule has 1 aliphatic carbocycles. The van der Waals surface area contributed by atoms with Crippen molar-refractivity contribution in [3.63, 3.8) is 0 Å². The SMILES string of the molecule is COC(=O)c1ccc2c(c1)[C@H](N(CC(C)C)S(=O)(=O)O)CC2. The average Bonchev–Trinajstić information content (AvgIpc) is 2.85. The number of rotatable bonds is 5. The summed E-state index contributed by atoms with van der Waals surface area (Å²) in [5.74, 6) is -0.384. The van der Waals surface area contributed by atoms with Gasteiger partial charge in [-0.25, -0.2) is 4.79 Å². The van der Waals surface area contributed by atoms with Crippen LogP contribution in [-0.4, -0.2) is 36.9 Å². The van der Waals surface area contributed by atoms with Gasteiger partial charge < -0.3 is 4.74 Å². The van der Waals surface area contributed by atoms with Gasteiger partial charge in [-0.1, -0.05) is 19.9 Å². The van der Waals surface area contributed by atoms with Crippen molar-refractivity contribution in [3.8, 4) is 0 Å². The van der Waals surface area contributed by atoms with Crippen LogP contribution in [0.4, 0.5) is 0 Å². The maximum atomic E-state index is 11.7. The highest BCUT2D eigenvalue weighted by Gasteiger charge is 2.35. The molecule has 0 radical (unpaired) electrons. The van der Waals surface area contributed by atoms with Crippen LogP contribution in [0.15, 0.2) is 18.2 Å². The lowest BCUT2D eigenvalue weighted by molar-refractivity contribution is 0.0600. The van der Waals surface area contributed by atoms with Crippen LogP contribution in [0.25, 0.3) is 0 Å². The molecule has 0 heterocycles. The first-order chi connectivity index (χ1) is 10.2. The molecule has 6 nitrogen and oxygen atoms in total. The van der Waals surface area contributed by atoms with Crippen LogP contribution >= 0.6 is 0 Å². The molecule has 1 atom stereocenters. The molecule has 0 amide bonds. The van der Waals surface area contributed by atoms with E-state index in [0.29, 0.717) is 18.4 Å². The Bertz CT molecular complexity index is 669. The molecule has 7 heteroatoms. The van der Waals surface area contributed by atoms with Crippen molar-refractivity contribution in [1.29, 1.82) is 0 Å². The Morgan fingerprint density at radius 1 is 1.45 bits per heavy atom. The van der Waals surface area contributed by atoms with Gasteiger partial charge in [-0.3, -0.25) is 4.55 Å². The number of methoxy groups -OCH3 is 1. The van der Waals surface area contributed by atoms with E-state index in [0.717, 1.165) is 15.4 Å². The average molecular weight is 327 g/mol. The van der Waals surface area contributed by atoms with E-state index in [1.54, 1.807) is 12.1 Å². The predicted octanol–water partition coefficient (Wildman–Crippen LogP) is 2.22. The summed E-state index contributed by atoms with van der Waals surface area (Å²) in [7, 11) is -3.01. The fourth-order valence-corrected chi connectivity index (χ4v) is 3.89. The summed E-state index contributed by atoms with van der Waals surface area (Å²) in [5, 5.41) is 0. The second kappa shape index (κ2) is 6.36. The molecule has 0 unspecified atom stereocenters. The van der Waals surface area contributed by atoms with E-state index >= 15 is 0 Å². The molecular formula is C15H21NO5S. The third-order valence-electron chi connectivity index (χ3n) is 3.80. The van der Waals surface area contributed by atoms with Gasteiger partial charge in [0.25, 0.3) is 0 Å². The normalized spacial score (nSPS) is 17.8. The molecule has 22 heavy (non-hydrogen) atoms. The zero-order chi connectivity index (χ0) is 16.5. The Balaban J connectivity index is 2.42. The molecular weight excluding hydrogens is 306 g/mol. The van der Waals surface area contributed by atoms with Crippen molar-refractivity contribution in [2.24, 2.45) is 5.92 Å². The van der Waals surface area contributed by atoms with Crippen LogP contribution in [0, 0.1) is 5.92 Å². The highest BCUT2D eigenvalue weighted by Crippen LogP contribution is 2.38. The van der Waals surface area contributed by atoms with Crippen molar-refractivity contribution in [1.82, 2.24) is 4.31 Å². The zero-order valence-corrected chi connectivity index (χ0v) is 13.8. The summed E-state index contributed by atoms with van der Waals surface area (Å²) in [4.78, 5) is 11.7. The number of nitrogens with zero attached hydrogens (tertiary/aromatic N) is 1. The van der Waals surface area contributed by atoms with Gasteiger partial charge in [0.15, 0.2) is 0 Å². The first-order valence-electron chi connectivity index (χ1n) is 7.19. The lowest BCUT2D eigenvalue weighted by Gasteiger charge is -2.27. The minimum atomic E-state index is -4.31. The van der Waals surface area contributed by atoms with Crippen LogP contribution in [-0.2, 0) is 21.5 Å². The molecule has 0 aromatic heterocycles. The molecule has 0 saturated heterocycles. The van der Waals surface area contributed by atoms with Gasteiger partial charge in [0.1, 0.15) is 0 Å². The Labute approximate surface area is 131 Å². The van der Waals surface area contributed by atoms with E-state index in [-0.39, 0.29) is 12.5 Å². The summed E-state index contributed by atoms with van der Waals surface area (Å²) >= 11 is 0. The Hall–Kier alpha value is -1.44. The number of hydrogen-bond donors (Lipinski definition) is 1. The summed E-state index contributed by atoms with van der Waals surface area (Å²) in [5.41, 5.74) is 2.14. The van der Waals surface area contributed by atoms with Crippen molar-refractivity contribution in [3.05, 3.63) is 34.9 Å². The Morgan fingerprint density at radius 3 is 2.68 bits per heavy atom. The molecule has 2 rings (SSSR count). The molecule has 0 saturated carbocycles. The highest BCUT2D eigenvalue weighted by molar-refractivity contribution is 7.83. The van der Waals surface area contributed by atoms with Gasteiger partial charge in [-0.15, -0.1) is 0 Å². The molecule has 0 aliphatic heterocycles. The van der Waals surface area contributed by atoms with E-state index in [2.05, 4.69) is 0 Å². The third kappa shape index (κ3) is 3.48. The van der Waals surface area contributed by atoms with Crippen LogP contribution in [0.3, 0.4) is 0 Å². The van der Waals surface area contributed by atoms with Crippen molar-refractivity contribution >= 4 is 16.3 Å². The number of esters is 1. The standard InChI is InChI=1S/C15H21NO5S/c1-10(2)9-16(22(18,19)20)14-7-6-11-4-5-12(8-13(11)14)15(17)21-3/h4-5,8,10,14H,6-7,9H2,1-3H3,(H,18,19,20)/t14-/m1/s1. The van der Waals surface area contributed by atoms with E-state index in [9.17, 15) is 17.8 Å². The maximum absolute atomic E-state index is 11.7. The van der Waals surface area contributed by atoms with Crippen LogP contribution < -0.4 is 0 Å². The van der Waals surface area contributed by atoms with Crippen LogP contribution in [0.1, 0.15) is 47.8 Å². The molecule has 0 fully saturated rings. The number of carbonyl (C=O) groups excluding carboxylic acids is 1. The summed E-state index contributed by atoms with van der Waals surface area (Å²) in [6.45, 7) is 4.00. The molecule has 122 valence electrons. The molecule has 1 aliphatic rings. The monoisotopic (exact) mass is 327 g/mol.